The van der Waals surface area contributed by atoms with Gasteiger partial charge >= 0.3 is 0 Å². The van der Waals surface area contributed by atoms with Crippen LogP contribution < -0.4 is 5.73 Å². The van der Waals surface area contributed by atoms with Crippen LogP contribution in [0.15, 0.2) is 30.3 Å². The Morgan fingerprint density at radius 2 is 2.13 bits per heavy atom. The molecule has 1 unspecified atom stereocenters. The average molecular weight is 206 g/mol. The predicted molar refractivity (Wildman–Crippen MR) is 58.5 cm³/mol. The molecule has 15 heavy (non-hydrogen) atoms. The molecule has 80 valence electrons. The van der Waals surface area contributed by atoms with Crippen molar-refractivity contribution in [3.8, 4) is 0 Å². The summed E-state index contributed by atoms with van der Waals surface area (Å²) >= 11 is 0. The topological polar surface area (TPSA) is 69.2 Å². The van der Waals surface area contributed by atoms with Crippen LogP contribution in [0.2, 0.25) is 0 Å². The molecule has 0 aliphatic heterocycles. The molecular weight excluding hydrogens is 192 g/mol. The zero-order valence-electron chi connectivity index (χ0n) is 8.59. The Hall–Kier alpha value is -1.84. The fourth-order valence-corrected chi connectivity index (χ4v) is 1.33. The van der Waals surface area contributed by atoms with Crippen molar-refractivity contribution >= 4 is 12.1 Å². The van der Waals surface area contributed by atoms with Crippen LogP contribution in [0.5, 0.6) is 0 Å². The van der Waals surface area contributed by atoms with Crippen molar-refractivity contribution in [3.05, 3.63) is 41.1 Å². The molecule has 0 spiro atoms. The molecule has 2 N–H and O–H groups in total. The normalized spacial score (nSPS) is 13.5. The van der Waals surface area contributed by atoms with Gasteiger partial charge in [-0.15, -0.1) is 0 Å². The van der Waals surface area contributed by atoms with Gasteiger partial charge < -0.3 is 10.9 Å². The lowest BCUT2D eigenvalue weighted by Crippen LogP contribution is -2.38. The van der Waals surface area contributed by atoms with Crippen LogP contribution >= 0.6 is 0 Å². The van der Waals surface area contributed by atoms with Crippen molar-refractivity contribution in [2.24, 2.45) is 5.73 Å². The third kappa shape index (κ3) is 3.09. The van der Waals surface area contributed by atoms with E-state index in [0.717, 1.165) is 5.56 Å². The summed E-state index contributed by atoms with van der Waals surface area (Å²) in [7, 11) is 0. The van der Waals surface area contributed by atoms with E-state index in [0.29, 0.717) is 11.2 Å². The maximum absolute atomic E-state index is 11.3. The first-order valence-corrected chi connectivity index (χ1v) is 4.73. The number of hydroxylamine groups is 1. The number of carbonyl (C=O) groups excluding carboxylic acids is 1. The fourth-order valence-electron chi connectivity index (χ4n) is 1.33. The van der Waals surface area contributed by atoms with E-state index >= 15 is 0 Å². The van der Waals surface area contributed by atoms with Crippen LogP contribution in [0, 0.1) is 5.21 Å². The van der Waals surface area contributed by atoms with Crippen LogP contribution in [0.4, 0.5) is 0 Å². The number of nitrogens with zero attached hydrogens (tertiary/aromatic N) is 1. The van der Waals surface area contributed by atoms with Crippen molar-refractivity contribution in [2.45, 2.75) is 19.4 Å². The smallest absolute Gasteiger partial charge is 0.287 e. The van der Waals surface area contributed by atoms with Crippen LogP contribution in [0.3, 0.4) is 0 Å². The second kappa shape index (κ2) is 5.14. The molecule has 4 heteroatoms. The number of hydrogen-bond acceptors (Lipinski definition) is 2. The van der Waals surface area contributed by atoms with Gasteiger partial charge in [-0.2, -0.15) is 0 Å². The lowest BCUT2D eigenvalue weighted by Gasteiger charge is -2.13. The zero-order chi connectivity index (χ0) is 11.3. The number of primary amides is 1. The first kappa shape index (κ1) is 11.2. The van der Waals surface area contributed by atoms with Gasteiger partial charge in [0.05, 0.1) is 0 Å². The summed E-state index contributed by atoms with van der Waals surface area (Å²) in [6.45, 7) is 1.58. The number of amides is 1. The molecular formula is C11H14N2O2. The van der Waals surface area contributed by atoms with E-state index in [9.17, 15) is 10.0 Å². The van der Waals surface area contributed by atoms with Gasteiger partial charge in [-0.05, 0) is 5.56 Å². The third-order valence-electron chi connectivity index (χ3n) is 2.16. The molecule has 4 nitrogen and oxygen atoms in total. The van der Waals surface area contributed by atoms with Crippen molar-refractivity contribution in [1.82, 2.24) is 0 Å². The zero-order valence-corrected chi connectivity index (χ0v) is 8.59. The molecule has 1 amide bonds. The summed E-state index contributed by atoms with van der Waals surface area (Å²) < 4.78 is 0.593. The van der Waals surface area contributed by atoms with Crippen molar-refractivity contribution in [3.63, 3.8) is 0 Å². The second-order valence-electron chi connectivity index (χ2n) is 3.23. The molecule has 1 rings (SSSR count). The second-order valence-corrected chi connectivity index (χ2v) is 3.23. The highest BCUT2D eigenvalue weighted by Gasteiger charge is 2.22. The van der Waals surface area contributed by atoms with E-state index in [1.165, 1.54) is 6.21 Å². The Bertz CT molecular complexity index is 360. The Labute approximate surface area is 88.6 Å². The van der Waals surface area contributed by atoms with E-state index in [2.05, 4.69) is 0 Å². The van der Waals surface area contributed by atoms with Gasteiger partial charge in [0.2, 0.25) is 6.04 Å². The molecule has 1 aromatic rings. The van der Waals surface area contributed by atoms with E-state index in [1.807, 2.05) is 30.3 Å². The van der Waals surface area contributed by atoms with Crippen LogP contribution in [-0.4, -0.2) is 22.9 Å². The molecule has 0 aliphatic carbocycles. The van der Waals surface area contributed by atoms with Crippen LogP contribution in [0.1, 0.15) is 12.5 Å². The number of nitrogens with two attached hydrogens (primary N) is 1. The molecule has 0 radical (unpaired) electrons. The van der Waals surface area contributed by atoms with Gasteiger partial charge in [0, 0.05) is 13.3 Å². The summed E-state index contributed by atoms with van der Waals surface area (Å²) in [6.07, 6.45) is 1.64. The van der Waals surface area contributed by atoms with Gasteiger partial charge in [-0.3, -0.25) is 4.79 Å². The first-order valence-electron chi connectivity index (χ1n) is 4.73. The summed E-state index contributed by atoms with van der Waals surface area (Å²) in [5, 5.41) is 11.3. The summed E-state index contributed by atoms with van der Waals surface area (Å²) in [6, 6.07) is 8.50. The summed E-state index contributed by atoms with van der Waals surface area (Å²) in [5.74, 6) is -0.605. The maximum atomic E-state index is 11.3. The molecule has 0 saturated heterocycles. The Morgan fingerprint density at radius 1 is 1.53 bits per heavy atom. The average Bonchev–Trinajstić information content (AvgIpc) is 2.26. The molecule has 0 fully saturated rings. The minimum absolute atomic E-state index is 0.337. The highest BCUT2D eigenvalue weighted by atomic mass is 16.5. The van der Waals surface area contributed by atoms with Crippen molar-refractivity contribution in [1.29, 1.82) is 0 Å². The van der Waals surface area contributed by atoms with E-state index in [1.54, 1.807) is 6.92 Å². The van der Waals surface area contributed by atoms with Gasteiger partial charge in [-0.1, -0.05) is 30.3 Å². The summed E-state index contributed by atoms with van der Waals surface area (Å²) in [5.41, 5.74) is 6.08. The fraction of sp³-hybridized carbons (Fsp3) is 0.273. The minimum atomic E-state index is -0.822. The van der Waals surface area contributed by atoms with Crippen LogP contribution in [0.25, 0.3) is 0 Å². The first-order chi connectivity index (χ1) is 7.15. The van der Waals surface area contributed by atoms with Gasteiger partial charge in [0.1, 0.15) is 6.21 Å². The van der Waals surface area contributed by atoms with Crippen LogP contribution in [-0.2, 0) is 11.2 Å². The number of benzene rings is 1. The van der Waals surface area contributed by atoms with E-state index in [4.69, 9.17) is 5.73 Å². The lowest BCUT2D eigenvalue weighted by molar-refractivity contribution is -0.481. The Kier molecular flexibility index (Phi) is 3.85. The third-order valence-corrected chi connectivity index (χ3v) is 2.16. The van der Waals surface area contributed by atoms with E-state index in [-0.39, 0.29) is 0 Å². The minimum Gasteiger partial charge on any atom is -0.623 e. The monoisotopic (exact) mass is 206 g/mol. The molecule has 0 heterocycles. The van der Waals surface area contributed by atoms with E-state index < -0.39 is 11.9 Å². The highest BCUT2D eigenvalue weighted by Crippen LogP contribution is 2.04. The molecule has 1 atom stereocenters. The molecule has 0 aromatic heterocycles. The van der Waals surface area contributed by atoms with Gasteiger partial charge in [0.15, 0.2) is 0 Å². The quantitative estimate of drug-likeness (QED) is 0.340. The van der Waals surface area contributed by atoms with Crippen molar-refractivity contribution < 1.29 is 9.53 Å². The molecule has 1 aromatic carbocycles. The van der Waals surface area contributed by atoms with Gasteiger partial charge in [0.25, 0.3) is 5.91 Å². The Morgan fingerprint density at radius 3 is 2.60 bits per heavy atom. The standard InChI is InChI=1S/C11H14N2O2/c1-2-13(15)10(11(12)14)8-9-6-4-3-5-7-9/h2-7,10H,8H2,1H3,(H2,12,14)/b13-2-. The lowest BCUT2D eigenvalue weighted by atomic mass is 10.1. The Balaban J connectivity index is 2.81. The predicted octanol–water partition coefficient (Wildman–Crippen LogP) is 0.684. The molecule has 0 bridgehead atoms. The molecule has 0 saturated carbocycles. The summed E-state index contributed by atoms with van der Waals surface area (Å²) in [4.78, 5) is 11.1. The van der Waals surface area contributed by atoms with Gasteiger partial charge in [-0.25, -0.2) is 4.74 Å². The largest absolute Gasteiger partial charge is 0.623 e. The molecule has 0 aliphatic rings. The number of carbonyl (C=O) groups is 1. The highest BCUT2D eigenvalue weighted by molar-refractivity contribution is 5.79. The SMILES string of the molecule is C/C=[N+](\[O-])C(Cc1ccccc1)C(N)=O. The maximum Gasteiger partial charge on any atom is 0.287 e. The number of hydrogen-bond donors (Lipinski definition) is 1. The van der Waals surface area contributed by atoms with Crippen molar-refractivity contribution in [2.75, 3.05) is 0 Å². The number of rotatable bonds is 4.